The number of amides is 1. The van der Waals surface area contributed by atoms with Gasteiger partial charge in [0, 0.05) is 36.7 Å². The Kier molecular flexibility index (Phi) is 4.83. The molecule has 1 aromatic carbocycles. The van der Waals surface area contributed by atoms with Gasteiger partial charge in [-0.25, -0.2) is 8.78 Å². The lowest BCUT2D eigenvalue weighted by Crippen LogP contribution is -2.58. The first-order valence-electron chi connectivity index (χ1n) is 11.2. The van der Waals surface area contributed by atoms with E-state index in [1.807, 2.05) is 35.4 Å². The lowest BCUT2D eigenvalue weighted by molar-refractivity contribution is -0.113. The maximum absolute atomic E-state index is 13.2. The van der Waals surface area contributed by atoms with Crippen LogP contribution in [0.1, 0.15) is 21.7 Å². The van der Waals surface area contributed by atoms with Crippen molar-refractivity contribution >= 4 is 23.6 Å². The van der Waals surface area contributed by atoms with Gasteiger partial charge in [0.15, 0.2) is 0 Å². The number of hydrogen-bond donors (Lipinski definition) is 2. The van der Waals surface area contributed by atoms with Crippen LogP contribution in [0, 0.1) is 0 Å². The van der Waals surface area contributed by atoms with Crippen molar-refractivity contribution < 1.29 is 18.0 Å². The number of nitrogens with one attached hydrogen (secondary N) is 2. The molecule has 0 atom stereocenters. The molecule has 2 N–H and O–H groups in total. The van der Waals surface area contributed by atoms with Crippen LogP contribution in [0.25, 0.3) is 11.1 Å². The molecule has 3 aromatic heterocycles. The number of likely N-dealkylation sites (tertiary alicyclic amines) is 1. The van der Waals surface area contributed by atoms with Gasteiger partial charge in [-0.3, -0.25) is 9.89 Å². The summed E-state index contributed by atoms with van der Waals surface area (Å²) in [6.07, 6.45) is 4.25. The van der Waals surface area contributed by atoms with Crippen molar-refractivity contribution in [3.05, 3.63) is 59.7 Å². The van der Waals surface area contributed by atoms with E-state index in [9.17, 15) is 13.6 Å². The number of H-pyrrole nitrogens is 1. The Labute approximate surface area is 198 Å². The third-order valence-electron chi connectivity index (χ3n) is 6.44. The van der Waals surface area contributed by atoms with Gasteiger partial charge in [-0.05, 0) is 35.7 Å². The van der Waals surface area contributed by atoms with Crippen LogP contribution in [-0.4, -0.2) is 61.3 Å². The summed E-state index contributed by atoms with van der Waals surface area (Å²) < 4.78 is 34.0. The third kappa shape index (κ3) is 3.90. The summed E-state index contributed by atoms with van der Waals surface area (Å²) in [5, 5.41) is 18.1. The maximum atomic E-state index is 13.2. The van der Waals surface area contributed by atoms with E-state index in [1.54, 1.807) is 23.9 Å². The van der Waals surface area contributed by atoms with Crippen molar-refractivity contribution in [3.63, 3.8) is 0 Å². The Balaban J connectivity index is 1.13. The van der Waals surface area contributed by atoms with E-state index < -0.39 is 19.0 Å². The maximum Gasteiger partial charge on any atom is 0.321 e. The molecule has 4 aromatic rings. The number of aromatic nitrogens is 5. The quantitative estimate of drug-likeness (QED) is 0.452. The molecule has 2 aliphatic heterocycles. The highest BCUT2D eigenvalue weighted by Gasteiger charge is 2.47. The Morgan fingerprint density at radius 3 is 2.69 bits per heavy atom. The molecule has 10 nitrogen and oxygen atoms in total. The molecular formula is C23H22F2N8O2. The standard InChI is InChI=1S/C23H22F2N8O2/c1-31-18(20(34)33-12-23(24,25)13-33)8-15-6-7-32(11-19(15)31)22-30-29-21(35-22)28-17-4-2-14(3-5-17)16-9-26-27-10-16/h2-5,8-10H,6-7,11-13H2,1H3,(H,26,27)(H,28,29). The number of rotatable bonds is 5. The molecule has 0 bridgehead atoms. The zero-order valence-corrected chi connectivity index (χ0v) is 18.8. The van der Waals surface area contributed by atoms with Crippen LogP contribution >= 0.6 is 0 Å². The normalized spacial score (nSPS) is 16.7. The molecule has 180 valence electrons. The molecule has 0 spiro atoms. The Bertz CT molecular complexity index is 1370. The number of alkyl halides is 2. The molecule has 35 heavy (non-hydrogen) atoms. The number of fused-ring (bicyclic) bond motifs is 1. The van der Waals surface area contributed by atoms with Crippen molar-refractivity contribution in [3.8, 4) is 11.1 Å². The van der Waals surface area contributed by atoms with E-state index in [0.717, 1.165) is 28.1 Å². The van der Waals surface area contributed by atoms with Crippen molar-refractivity contribution in [1.29, 1.82) is 0 Å². The first-order valence-corrected chi connectivity index (χ1v) is 11.2. The second-order valence-electron chi connectivity index (χ2n) is 8.83. The second-order valence-corrected chi connectivity index (χ2v) is 8.83. The summed E-state index contributed by atoms with van der Waals surface area (Å²) in [6.45, 7) is 0.0407. The minimum absolute atomic E-state index is 0.267. The van der Waals surface area contributed by atoms with Crippen molar-refractivity contribution in [2.75, 3.05) is 29.9 Å². The third-order valence-corrected chi connectivity index (χ3v) is 6.44. The first-order chi connectivity index (χ1) is 16.9. The summed E-state index contributed by atoms with van der Waals surface area (Å²) in [5.74, 6) is -3.16. The topological polar surface area (TPSA) is 108 Å². The van der Waals surface area contributed by atoms with E-state index in [-0.39, 0.29) is 11.9 Å². The molecule has 0 radical (unpaired) electrons. The minimum atomic E-state index is -2.79. The van der Waals surface area contributed by atoms with Crippen molar-refractivity contribution in [1.82, 2.24) is 29.9 Å². The van der Waals surface area contributed by atoms with E-state index in [2.05, 4.69) is 25.7 Å². The van der Waals surface area contributed by atoms with Gasteiger partial charge < -0.3 is 24.1 Å². The lowest BCUT2D eigenvalue weighted by Gasteiger charge is -2.38. The van der Waals surface area contributed by atoms with Crippen LogP contribution < -0.4 is 10.2 Å². The number of aromatic amines is 1. The minimum Gasteiger partial charge on any atom is -0.389 e. The fraction of sp³-hybridized carbons (Fsp3) is 0.304. The van der Waals surface area contributed by atoms with Gasteiger partial charge in [-0.15, -0.1) is 0 Å². The number of hydrogen-bond acceptors (Lipinski definition) is 7. The Hall–Kier alpha value is -4.22. The van der Waals surface area contributed by atoms with Gasteiger partial charge in [0.05, 0.1) is 25.8 Å². The molecular weight excluding hydrogens is 458 g/mol. The van der Waals surface area contributed by atoms with E-state index in [0.29, 0.717) is 31.2 Å². The molecule has 2 aliphatic rings. The van der Waals surface area contributed by atoms with Crippen molar-refractivity contribution in [2.24, 2.45) is 7.05 Å². The molecule has 1 saturated heterocycles. The highest BCUT2D eigenvalue weighted by Crippen LogP contribution is 2.31. The van der Waals surface area contributed by atoms with Crippen LogP contribution in [0.2, 0.25) is 0 Å². The zero-order chi connectivity index (χ0) is 24.2. The molecule has 1 fully saturated rings. The average molecular weight is 480 g/mol. The second kappa shape index (κ2) is 7.93. The van der Waals surface area contributed by atoms with E-state index in [4.69, 9.17) is 4.42 Å². The summed E-state index contributed by atoms with van der Waals surface area (Å²) in [6, 6.07) is 10.2. The lowest BCUT2D eigenvalue weighted by atomic mass is 10.1. The highest BCUT2D eigenvalue weighted by molar-refractivity contribution is 5.94. The predicted molar refractivity (Wildman–Crippen MR) is 123 cm³/mol. The molecule has 12 heteroatoms. The summed E-state index contributed by atoms with van der Waals surface area (Å²) in [4.78, 5) is 15.8. The number of carbonyl (C=O) groups is 1. The zero-order valence-electron chi connectivity index (χ0n) is 18.8. The smallest absolute Gasteiger partial charge is 0.321 e. The predicted octanol–water partition coefficient (Wildman–Crippen LogP) is 3.20. The first kappa shape index (κ1) is 21.3. The number of benzene rings is 1. The van der Waals surface area contributed by atoms with Gasteiger partial charge in [0.1, 0.15) is 5.69 Å². The van der Waals surface area contributed by atoms with Crippen LogP contribution in [-0.2, 0) is 20.0 Å². The summed E-state index contributed by atoms with van der Waals surface area (Å²) >= 11 is 0. The van der Waals surface area contributed by atoms with Gasteiger partial charge in [-0.2, -0.15) is 5.10 Å². The Morgan fingerprint density at radius 2 is 1.97 bits per heavy atom. The molecule has 0 aliphatic carbocycles. The van der Waals surface area contributed by atoms with Crippen LogP contribution in [0.4, 0.5) is 26.5 Å². The van der Waals surface area contributed by atoms with Crippen molar-refractivity contribution in [2.45, 2.75) is 18.9 Å². The fourth-order valence-corrected chi connectivity index (χ4v) is 4.50. The molecule has 0 saturated carbocycles. The Morgan fingerprint density at radius 1 is 1.17 bits per heavy atom. The largest absolute Gasteiger partial charge is 0.389 e. The van der Waals surface area contributed by atoms with Crippen LogP contribution in [0.5, 0.6) is 0 Å². The van der Waals surface area contributed by atoms with Gasteiger partial charge in [0.25, 0.3) is 11.8 Å². The summed E-state index contributed by atoms with van der Waals surface area (Å²) in [5.41, 5.74) is 5.19. The van der Waals surface area contributed by atoms with Crippen LogP contribution in [0.15, 0.2) is 47.1 Å². The molecule has 6 rings (SSSR count). The average Bonchev–Trinajstić information content (AvgIpc) is 3.59. The molecule has 5 heterocycles. The van der Waals surface area contributed by atoms with Gasteiger partial charge >= 0.3 is 12.0 Å². The van der Waals surface area contributed by atoms with Gasteiger partial charge in [0.2, 0.25) is 0 Å². The number of anilines is 3. The SMILES string of the molecule is Cn1c(C(=O)N2CC(F)(F)C2)cc2c1CN(c1nnc(Nc3ccc(-c4cn[nH]c4)cc3)o1)CC2. The number of halogens is 2. The van der Waals surface area contributed by atoms with Crippen LogP contribution in [0.3, 0.4) is 0 Å². The van der Waals surface area contributed by atoms with Gasteiger partial charge in [-0.1, -0.05) is 22.3 Å². The number of carbonyl (C=O) groups excluding carboxylic acids is 1. The monoisotopic (exact) mass is 480 g/mol. The molecule has 0 unspecified atom stereocenters. The molecule has 1 amide bonds. The highest BCUT2D eigenvalue weighted by atomic mass is 19.3. The fourth-order valence-electron chi connectivity index (χ4n) is 4.50. The van der Waals surface area contributed by atoms with E-state index >= 15 is 0 Å². The number of nitrogens with zero attached hydrogens (tertiary/aromatic N) is 6. The van der Waals surface area contributed by atoms with E-state index in [1.165, 1.54) is 4.90 Å². The summed E-state index contributed by atoms with van der Waals surface area (Å²) in [7, 11) is 1.78.